The number of hydrogen-bond acceptors (Lipinski definition) is 5. The fourth-order valence-corrected chi connectivity index (χ4v) is 2.12. The second-order valence-corrected chi connectivity index (χ2v) is 6.14. The highest BCUT2D eigenvalue weighted by Gasteiger charge is 2.38. The van der Waals surface area contributed by atoms with E-state index in [2.05, 4.69) is 15.0 Å². The van der Waals surface area contributed by atoms with E-state index in [1.807, 2.05) is 6.92 Å². The molecule has 8 heteroatoms. The van der Waals surface area contributed by atoms with Crippen LogP contribution in [0, 0.1) is 6.92 Å². The summed E-state index contributed by atoms with van der Waals surface area (Å²) in [5, 5.41) is 2.94. The number of anilines is 1. The number of ether oxygens (including phenoxy) is 1. The molecule has 0 atom stereocenters. The van der Waals surface area contributed by atoms with Gasteiger partial charge in [0.1, 0.15) is 0 Å². The Morgan fingerprint density at radius 1 is 1.56 bits per heavy atom. The molecule has 1 rings (SSSR count). The zero-order valence-electron chi connectivity index (χ0n) is 9.83. The van der Waals surface area contributed by atoms with E-state index in [4.69, 9.17) is 23.2 Å². The molecule has 0 saturated heterocycles. The van der Waals surface area contributed by atoms with Crippen LogP contribution in [0.4, 0.5) is 5.13 Å². The maximum atomic E-state index is 11.6. The summed E-state index contributed by atoms with van der Waals surface area (Å²) in [7, 11) is 0. The molecular formula is C10H12Cl2N2O3S. The van der Waals surface area contributed by atoms with Gasteiger partial charge in [0.05, 0.1) is 13.0 Å². The third kappa shape index (κ3) is 4.44. The van der Waals surface area contributed by atoms with Crippen LogP contribution in [0.2, 0.25) is 0 Å². The molecule has 100 valence electrons. The van der Waals surface area contributed by atoms with Crippen molar-refractivity contribution in [3.8, 4) is 0 Å². The molecule has 18 heavy (non-hydrogen) atoms. The van der Waals surface area contributed by atoms with Crippen LogP contribution in [-0.4, -0.2) is 27.8 Å². The van der Waals surface area contributed by atoms with Crippen molar-refractivity contribution in [2.75, 3.05) is 11.9 Å². The summed E-state index contributed by atoms with van der Waals surface area (Å²) >= 11 is 12.8. The average Bonchev–Trinajstić information content (AvgIpc) is 2.63. The van der Waals surface area contributed by atoms with Crippen LogP contribution in [-0.2, 0) is 14.3 Å². The van der Waals surface area contributed by atoms with Crippen LogP contribution in [0.5, 0.6) is 0 Å². The van der Waals surface area contributed by atoms with Crippen LogP contribution < -0.4 is 5.32 Å². The second kappa shape index (κ2) is 6.36. The minimum absolute atomic E-state index is 0.146. The summed E-state index contributed by atoms with van der Waals surface area (Å²) in [4.78, 5) is 27.9. The number of carbonyl (C=O) groups excluding carboxylic acids is 2. The van der Waals surface area contributed by atoms with Crippen molar-refractivity contribution in [2.24, 2.45) is 0 Å². The van der Waals surface area contributed by atoms with Gasteiger partial charge in [-0.1, -0.05) is 23.2 Å². The number of alkyl halides is 2. The summed E-state index contributed by atoms with van der Waals surface area (Å²) in [6, 6.07) is 0. The number of aromatic nitrogens is 1. The van der Waals surface area contributed by atoms with E-state index in [9.17, 15) is 9.59 Å². The van der Waals surface area contributed by atoms with Gasteiger partial charge in [-0.2, -0.15) is 0 Å². The van der Waals surface area contributed by atoms with Crippen molar-refractivity contribution >= 4 is 51.5 Å². The molecule has 0 saturated carbocycles. The molecule has 1 N–H and O–H groups in total. The van der Waals surface area contributed by atoms with Gasteiger partial charge in [0, 0.05) is 11.1 Å². The monoisotopic (exact) mass is 310 g/mol. The summed E-state index contributed by atoms with van der Waals surface area (Å²) < 4.78 is 2.78. The molecule has 1 heterocycles. The van der Waals surface area contributed by atoms with Crippen LogP contribution in [0.25, 0.3) is 0 Å². The highest BCUT2D eigenvalue weighted by Crippen LogP contribution is 2.28. The molecule has 1 aromatic rings. The molecule has 0 fully saturated rings. The van der Waals surface area contributed by atoms with Crippen LogP contribution in [0.15, 0.2) is 6.20 Å². The Hall–Kier alpha value is -0.850. The Kier molecular flexibility index (Phi) is 5.37. The van der Waals surface area contributed by atoms with Crippen molar-refractivity contribution in [2.45, 2.75) is 24.6 Å². The third-order valence-corrected chi connectivity index (χ3v) is 3.23. The van der Waals surface area contributed by atoms with Crippen molar-refractivity contribution in [1.29, 1.82) is 0 Å². The summed E-state index contributed by atoms with van der Waals surface area (Å²) in [6.45, 7) is 3.63. The number of aryl methyl sites for hydroxylation is 1. The van der Waals surface area contributed by atoms with Gasteiger partial charge in [-0.05, 0) is 13.8 Å². The van der Waals surface area contributed by atoms with Gasteiger partial charge in [0.2, 0.25) is 10.2 Å². The molecule has 0 unspecified atom stereocenters. The quantitative estimate of drug-likeness (QED) is 0.670. The number of nitrogens with one attached hydrogen (secondary N) is 1. The van der Waals surface area contributed by atoms with E-state index in [0.29, 0.717) is 5.13 Å². The Morgan fingerprint density at radius 2 is 2.22 bits per heavy atom. The molecular weight excluding hydrogens is 299 g/mol. The van der Waals surface area contributed by atoms with Gasteiger partial charge in [-0.3, -0.25) is 4.79 Å². The normalized spacial score (nSPS) is 11.1. The lowest BCUT2D eigenvalue weighted by Gasteiger charge is -2.16. The maximum absolute atomic E-state index is 11.6. The first kappa shape index (κ1) is 15.2. The number of rotatable bonds is 5. The average molecular weight is 311 g/mol. The number of esters is 1. The van der Waals surface area contributed by atoms with Crippen molar-refractivity contribution in [3.63, 3.8) is 0 Å². The van der Waals surface area contributed by atoms with E-state index in [1.165, 1.54) is 11.3 Å². The van der Waals surface area contributed by atoms with Gasteiger partial charge >= 0.3 is 5.97 Å². The fraction of sp³-hybridized carbons (Fsp3) is 0.500. The van der Waals surface area contributed by atoms with Gasteiger partial charge < -0.3 is 10.1 Å². The van der Waals surface area contributed by atoms with Gasteiger partial charge in [0.25, 0.3) is 0 Å². The lowest BCUT2D eigenvalue weighted by Crippen LogP contribution is -2.33. The van der Waals surface area contributed by atoms with Crippen molar-refractivity contribution < 1.29 is 14.3 Å². The number of amides is 1. The van der Waals surface area contributed by atoms with Crippen LogP contribution in [0.3, 0.4) is 0 Å². The Labute approximate surface area is 118 Å². The molecule has 0 radical (unpaired) electrons. The van der Waals surface area contributed by atoms with E-state index in [-0.39, 0.29) is 6.61 Å². The third-order valence-electron chi connectivity index (χ3n) is 1.82. The summed E-state index contributed by atoms with van der Waals surface area (Å²) in [5.41, 5.74) is 0. The van der Waals surface area contributed by atoms with E-state index in [0.717, 1.165) is 4.88 Å². The predicted octanol–water partition coefficient (Wildman–Crippen LogP) is 2.52. The SMILES string of the molecule is CCOC(=O)C(Cl)(Cl)CC(=O)Nc1ncc(C)s1. The largest absolute Gasteiger partial charge is 0.464 e. The number of thiazole rings is 1. The molecule has 0 aromatic carbocycles. The Balaban J connectivity index is 2.56. The maximum Gasteiger partial charge on any atom is 0.343 e. The molecule has 0 aliphatic carbocycles. The number of halogens is 2. The predicted molar refractivity (Wildman–Crippen MR) is 71.2 cm³/mol. The first-order valence-electron chi connectivity index (χ1n) is 5.12. The summed E-state index contributed by atoms with van der Waals surface area (Å²) in [5.74, 6) is -1.33. The lowest BCUT2D eigenvalue weighted by atomic mass is 10.3. The molecule has 0 aliphatic heterocycles. The zero-order chi connectivity index (χ0) is 13.8. The molecule has 1 amide bonds. The molecule has 0 aliphatic rings. The molecule has 0 bridgehead atoms. The number of nitrogens with zero attached hydrogens (tertiary/aromatic N) is 1. The van der Waals surface area contributed by atoms with Gasteiger partial charge in [-0.15, -0.1) is 11.3 Å². The second-order valence-electron chi connectivity index (χ2n) is 3.43. The minimum atomic E-state index is -1.88. The topological polar surface area (TPSA) is 68.3 Å². The van der Waals surface area contributed by atoms with Crippen LogP contribution in [0.1, 0.15) is 18.2 Å². The molecule has 5 nitrogen and oxygen atoms in total. The van der Waals surface area contributed by atoms with E-state index < -0.39 is 22.6 Å². The first-order chi connectivity index (χ1) is 8.35. The first-order valence-corrected chi connectivity index (χ1v) is 6.69. The van der Waals surface area contributed by atoms with Gasteiger partial charge in [-0.25, -0.2) is 9.78 Å². The standard InChI is InChI=1S/C10H12Cl2N2O3S/c1-3-17-8(16)10(11,12)4-7(15)14-9-13-5-6(2)18-9/h5H,3-4H2,1-2H3,(H,13,14,15). The van der Waals surface area contributed by atoms with E-state index in [1.54, 1.807) is 13.1 Å². The van der Waals surface area contributed by atoms with E-state index >= 15 is 0 Å². The Morgan fingerprint density at radius 3 is 2.72 bits per heavy atom. The van der Waals surface area contributed by atoms with Crippen LogP contribution >= 0.6 is 34.5 Å². The smallest absolute Gasteiger partial charge is 0.343 e. The number of hydrogen-bond donors (Lipinski definition) is 1. The highest BCUT2D eigenvalue weighted by atomic mass is 35.5. The van der Waals surface area contributed by atoms with Crippen molar-refractivity contribution in [3.05, 3.63) is 11.1 Å². The minimum Gasteiger partial charge on any atom is -0.464 e. The molecule has 1 aromatic heterocycles. The highest BCUT2D eigenvalue weighted by molar-refractivity contribution is 7.15. The van der Waals surface area contributed by atoms with Gasteiger partial charge in [0.15, 0.2) is 5.13 Å². The summed E-state index contributed by atoms with van der Waals surface area (Å²) in [6.07, 6.45) is 1.23. The fourth-order valence-electron chi connectivity index (χ4n) is 1.09. The Bertz CT molecular complexity index is 448. The van der Waals surface area contributed by atoms with Crippen molar-refractivity contribution in [1.82, 2.24) is 4.98 Å². The zero-order valence-corrected chi connectivity index (χ0v) is 12.2. The lowest BCUT2D eigenvalue weighted by molar-refractivity contribution is -0.145. The molecule has 0 spiro atoms. The number of carbonyl (C=O) groups is 2.